The van der Waals surface area contributed by atoms with Gasteiger partial charge in [0.15, 0.2) is 0 Å². The number of alkyl halides is 2. The van der Waals surface area contributed by atoms with Gasteiger partial charge in [0.05, 0.1) is 17.2 Å². The summed E-state index contributed by atoms with van der Waals surface area (Å²) in [6, 6.07) is 1.41. The van der Waals surface area contributed by atoms with Crippen LogP contribution in [0.1, 0.15) is 64.7 Å². The molecule has 0 aliphatic rings. The largest absolute Gasteiger partial charge is 0.460 e. The molecule has 0 N–H and O–H groups in total. The van der Waals surface area contributed by atoms with Crippen LogP contribution in [0.15, 0.2) is 12.7 Å². The summed E-state index contributed by atoms with van der Waals surface area (Å²) in [4.78, 5) is 11.0. The highest BCUT2D eigenvalue weighted by atomic mass is 127. The normalized spacial score (nSPS) is 12.4. The van der Waals surface area contributed by atoms with Crippen LogP contribution in [-0.2, 0) is 9.53 Å². The molecule has 0 spiro atoms. The number of carbonyl (C=O) groups is 1. The number of unbranched alkanes of at least 4 members (excludes halogenated alkanes) is 7. The van der Waals surface area contributed by atoms with Crippen LogP contribution in [0.25, 0.3) is 0 Å². The Labute approximate surface area is 160 Å². The minimum atomic E-state index is -0.306. The second kappa shape index (κ2) is 15.8. The van der Waals surface area contributed by atoms with Gasteiger partial charge in [-0.3, -0.25) is 0 Å². The maximum atomic E-state index is 11.0. The van der Waals surface area contributed by atoms with E-state index in [1.54, 1.807) is 0 Å². The average molecular weight is 534 g/mol. The van der Waals surface area contributed by atoms with E-state index in [-0.39, 0.29) is 12.1 Å². The Bertz CT molecular complexity index is 273. The van der Waals surface area contributed by atoms with Crippen LogP contribution in [-0.4, -0.2) is 23.1 Å². The molecule has 21 heavy (non-hydrogen) atoms. The first-order valence-corrected chi connectivity index (χ1v) is 11.7. The molecule has 0 bridgehead atoms. The Balaban J connectivity index is 3.18. The molecule has 0 saturated carbocycles. The molecule has 2 nitrogen and oxygen atoms in total. The average Bonchev–Trinajstić information content (AvgIpc) is 2.44. The maximum Gasteiger partial charge on any atom is 0.330 e. The van der Waals surface area contributed by atoms with Crippen molar-refractivity contribution in [2.45, 2.75) is 78.4 Å². The molecule has 0 rings (SSSR count). The third-order valence-corrected chi connectivity index (χ3v) is 6.91. The number of carbonyl (C=O) groups excluding carboxylic acids is 1. The van der Waals surface area contributed by atoms with Crippen LogP contribution in [0.4, 0.5) is 0 Å². The first-order valence-electron chi connectivity index (χ1n) is 7.91. The van der Waals surface area contributed by atoms with E-state index in [2.05, 4.69) is 51.8 Å². The van der Waals surface area contributed by atoms with E-state index in [0.29, 0.717) is 0 Å². The quantitative estimate of drug-likeness (QED) is 0.0694. The van der Waals surface area contributed by atoms with Crippen molar-refractivity contribution in [3.05, 3.63) is 12.7 Å². The van der Waals surface area contributed by atoms with E-state index < -0.39 is 0 Å². The number of rotatable bonds is 14. The number of ether oxygens (including phenoxy) is 1. The van der Waals surface area contributed by atoms with Crippen molar-refractivity contribution < 1.29 is 9.53 Å². The first kappa shape index (κ1) is 21.9. The predicted molar refractivity (Wildman–Crippen MR) is 110 cm³/mol. The molecule has 0 saturated heterocycles. The van der Waals surface area contributed by atoms with Gasteiger partial charge in [0, 0.05) is 6.08 Å². The molecule has 5 heteroatoms. The summed E-state index contributed by atoms with van der Waals surface area (Å²) in [6.07, 6.45) is 12.9. The molecule has 0 aliphatic carbocycles. The summed E-state index contributed by atoms with van der Waals surface area (Å²) >= 11 is 5.02. The molecule has 0 heterocycles. The Kier molecular flexibility index (Phi) is 16.4. The summed E-state index contributed by atoms with van der Waals surface area (Å²) in [7, 11) is 1.13. The van der Waals surface area contributed by atoms with Crippen molar-refractivity contribution >= 4 is 60.7 Å². The highest BCUT2D eigenvalue weighted by molar-refractivity contribution is 14.2. The molecule has 1 atom stereocenters. The van der Waals surface area contributed by atoms with Crippen LogP contribution in [0.2, 0.25) is 6.04 Å². The van der Waals surface area contributed by atoms with E-state index in [1.807, 2.05) is 6.92 Å². The van der Waals surface area contributed by atoms with Gasteiger partial charge in [-0.05, 0) is 19.8 Å². The Morgan fingerprint density at radius 1 is 1.10 bits per heavy atom. The Morgan fingerprint density at radius 3 is 2.14 bits per heavy atom. The third-order valence-electron chi connectivity index (χ3n) is 3.32. The molecule has 2 radical (unpaired) electrons. The van der Waals surface area contributed by atoms with Gasteiger partial charge in [-0.25, -0.2) is 4.79 Å². The molecule has 122 valence electrons. The molecular formula is C16H28I2O2Si. The number of hydrogen-bond acceptors (Lipinski definition) is 2. The molecule has 1 unspecified atom stereocenters. The van der Waals surface area contributed by atoms with Gasteiger partial charge >= 0.3 is 5.97 Å². The van der Waals surface area contributed by atoms with E-state index in [1.165, 1.54) is 57.1 Å². The Hall–Kier alpha value is 0.887. The lowest BCUT2D eigenvalue weighted by molar-refractivity contribution is -0.142. The van der Waals surface area contributed by atoms with Crippen molar-refractivity contribution in [3.8, 4) is 0 Å². The standard InChI is InChI=1S/C16H28I2O2Si/c1-3-15(19)20-14(2)12-10-8-6-4-5-7-9-11-13-21-16(17)18/h3,14,16H,1,4-13H2,2H3. The molecule has 0 fully saturated rings. The lowest BCUT2D eigenvalue weighted by atomic mass is 10.1. The van der Waals surface area contributed by atoms with E-state index in [0.717, 1.165) is 23.9 Å². The number of esters is 1. The molecule has 0 aromatic carbocycles. The topological polar surface area (TPSA) is 26.3 Å². The highest BCUT2D eigenvalue weighted by Crippen LogP contribution is 2.14. The van der Waals surface area contributed by atoms with Crippen LogP contribution in [0.5, 0.6) is 0 Å². The monoisotopic (exact) mass is 534 g/mol. The molecular weight excluding hydrogens is 506 g/mol. The first-order chi connectivity index (χ1) is 10.1. The SMILES string of the molecule is C=CC(=O)OC(C)CCCCCCCCCC[Si]C(I)I. The summed E-state index contributed by atoms with van der Waals surface area (Å²) in [5.74, 6) is -0.306. The summed E-state index contributed by atoms with van der Waals surface area (Å²) < 4.78 is 5.97. The van der Waals surface area contributed by atoms with Crippen molar-refractivity contribution in [1.29, 1.82) is 0 Å². The zero-order valence-electron chi connectivity index (χ0n) is 13.1. The van der Waals surface area contributed by atoms with E-state index >= 15 is 0 Å². The van der Waals surface area contributed by atoms with Crippen molar-refractivity contribution in [2.24, 2.45) is 0 Å². The Morgan fingerprint density at radius 2 is 1.62 bits per heavy atom. The van der Waals surface area contributed by atoms with Crippen LogP contribution < -0.4 is 0 Å². The number of halogens is 2. The molecule has 0 aromatic rings. The molecule has 0 aliphatic heterocycles. The van der Waals surface area contributed by atoms with Crippen LogP contribution in [0, 0.1) is 0 Å². The second-order valence-corrected chi connectivity index (χ2v) is 14.0. The molecule has 0 aromatic heterocycles. The minimum absolute atomic E-state index is 0.0240. The van der Waals surface area contributed by atoms with E-state index in [9.17, 15) is 4.79 Å². The van der Waals surface area contributed by atoms with Gasteiger partial charge < -0.3 is 4.74 Å². The zero-order valence-corrected chi connectivity index (χ0v) is 18.4. The van der Waals surface area contributed by atoms with Gasteiger partial charge in [0.1, 0.15) is 0 Å². The lowest BCUT2D eigenvalue weighted by Gasteiger charge is -2.11. The minimum Gasteiger partial charge on any atom is -0.460 e. The highest BCUT2D eigenvalue weighted by Gasteiger charge is 2.05. The van der Waals surface area contributed by atoms with Crippen molar-refractivity contribution in [3.63, 3.8) is 0 Å². The van der Waals surface area contributed by atoms with E-state index in [4.69, 9.17) is 4.74 Å². The fraction of sp³-hybridized carbons (Fsp3) is 0.812. The summed E-state index contributed by atoms with van der Waals surface area (Å²) in [6.45, 7) is 5.36. The predicted octanol–water partition coefficient (Wildman–Crippen LogP) is 5.89. The second-order valence-electron chi connectivity index (χ2n) is 5.32. The van der Waals surface area contributed by atoms with Crippen molar-refractivity contribution in [1.82, 2.24) is 0 Å². The summed E-state index contributed by atoms with van der Waals surface area (Å²) in [5.41, 5.74) is 0. The van der Waals surface area contributed by atoms with Crippen molar-refractivity contribution in [2.75, 3.05) is 0 Å². The fourth-order valence-electron chi connectivity index (χ4n) is 2.13. The van der Waals surface area contributed by atoms with Gasteiger partial charge in [-0.2, -0.15) is 0 Å². The lowest BCUT2D eigenvalue weighted by Crippen LogP contribution is -2.12. The van der Waals surface area contributed by atoms with Gasteiger partial charge in [-0.15, -0.1) is 0 Å². The van der Waals surface area contributed by atoms with Gasteiger partial charge in [0.2, 0.25) is 0 Å². The van der Waals surface area contributed by atoms with Gasteiger partial charge in [-0.1, -0.05) is 103 Å². The fourth-order valence-corrected chi connectivity index (χ4v) is 4.67. The summed E-state index contributed by atoms with van der Waals surface area (Å²) in [5, 5.41) is 0. The third kappa shape index (κ3) is 17.1. The van der Waals surface area contributed by atoms with Crippen LogP contribution >= 0.6 is 45.2 Å². The maximum absolute atomic E-state index is 11.0. The van der Waals surface area contributed by atoms with Crippen LogP contribution in [0.3, 0.4) is 0 Å². The number of hydrogen-bond donors (Lipinski definition) is 0. The smallest absolute Gasteiger partial charge is 0.330 e. The molecule has 0 amide bonds. The van der Waals surface area contributed by atoms with Gasteiger partial charge in [0.25, 0.3) is 0 Å². The zero-order chi connectivity index (χ0) is 15.9.